The lowest BCUT2D eigenvalue weighted by atomic mass is 10.2. The van der Waals surface area contributed by atoms with Crippen molar-refractivity contribution in [2.75, 3.05) is 22.4 Å². The molecule has 0 aliphatic carbocycles. The van der Waals surface area contributed by atoms with Crippen molar-refractivity contribution in [3.63, 3.8) is 0 Å². The van der Waals surface area contributed by atoms with Gasteiger partial charge < -0.3 is 5.32 Å². The fourth-order valence-electron chi connectivity index (χ4n) is 2.17. The van der Waals surface area contributed by atoms with Gasteiger partial charge in [0.1, 0.15) is 6.54 Å². The van der Waals surface area contributed by atoms with Crippen molar-refractivity contribution in [2.24, 2.45) is 0 Å². The Kier molecular flexibility index (Phi) is 6.90. The molecule has 0 saturated heterocycles. The quantitative estimate of drug-likeness (QED) is 0.592. The van der Waals surface area contributed by atoms with E-state index in [1.54, 1.807) is 6.07 Å². The van der Waals surface area contributed by atoms with E-state index in [9.17, 15) is 26.4 Å². The first-order chi connectivity index (χ1) is 12.8. The summed E-state index contributed by atoms with van der Waals surface area (Å²) in [5.41, 5.74) is -1.27. The Bertz CT molecular complexity index is 1020. The van der Waals surface area contributed by atoms with Crippen LogP contribution in [-0.2, 0) is 21.0 Å². The minimum absolute atomic E-state index is 0.252. The van der Waals surface area contributed by atoms with Crippen molar-refractivity contribution in [3.05, 3.63) is 56.5 Å². The Morgan fingerprint density at radius 3 is 2.32 bits per heavy atom. The topological polar surface area (TPSA) is 66.5 Å². The zero-order valence-electron chi connectivity index (χ0n) is 14.0. The van der Waals surface area contributed by atoms with E-state index < -0.39 is 39.9 Å². The molecule has 0 spiro atoms. The van der Waals surface area contributed by atoms with Gasteiger partial charge in [-0.15, -0.1) is 0 Å². The summed E-state index contributed by atoms with van der Waals surface area (Å²) in [6.07, 6.45) is -3.95. The number of amides is 1. The van der Waals surface area contributed by atoms with Gasteiger partial charge in [0.2, 0.25) is 15.9 Å². The summed E-state index contributed by atoms with van der Waals surface area (Å²) in [6.45, 7) is -0.784. The molecule has 2 rings (SSSR count). The van der Waals surface area contributed by atoms with E-state index in [-0.39, 0.29) is 10.7 Å². The minimum Gasteiger partial charge on any atom is -0.324 e. The fourth-order valence-corrected chi connectivity index (χ4v) is 3.72. The van der Waals surface area contributed by atoms with Crippen molar-refractivity contribution in [2.45, 2.75) is 6.18 Å². The van der Waals surface area contributed by atoms with Crippen molar-refractivity contribution in [1.82, 2.24) is 0 Å². The number of anilines is 2. The molecule has 12 heteroatoms. The summed E-state index contributed by atoms with van der Waals surface area (Å²) >= 11 is 15.0. The van der Waals surface area contributed by atoms with Crippen LogP contribution in [0.3, 0.4) is 0 Å². The van der Waals surface area contributed by atoms with Gasteiger partial charge in [0.15, 0.2) is 0 Å². The highest BCUT2D eigenvalue weighted by Crippen LogP contribution is 2.36. The summed E-state index contributed by atoms with van der Waals surface area (Å²) in [4.78, 5) is 12.3. The molecule has 0 fully saturated rings. The molecule has 0 atom stereocenters. The highest BCUT2D eigenvalue weighted by Gasteiger charge is 2.33. The van der Waals surface area contributed by atoms with Crippen LogP contribution in [0.15, 0.2) is 40.9 Å². The molecule has 0 heterocycles. The molecule has 5 nitrogen and oxygen atoms in total. The Balaban J connectivity index is 2.35. The summed E-state index contributed by atoms with van der Waals surface area (Å²) in [7, 11) is -4.12. The molecule has 0 aliphatic heterocycles. The van der Waals surface area contributed by atoms with Crippen LogP contribution in [0.25, 0.3) is 0 Å². The molecule has 0 radical (unpaired) electrons. The van der Waals surface area contributed by atoms with Crippen LogP contribution < -0.4 is 9.62 Å². The molecular formula is C16H12BrCl2F3N2O3S. The predicted octanol–water partition coefficient (Wildman–Crippen LogP) is 5.18. The second-order valence-electron chi connectivity index (χ2n) is 5.61. The Morgan fingerprint density at radius 2 is 1.79 bits per heavy atom. The molecule has 0 bridgehead atoms. The van der Waals surface area contributed by atoms with E-state index in [1.165, 1.54) is 12.1 Å². The maximum atomic E-state index is 13.0. The zero-order chi connectivity index (χ0) is 21.3. The summed E-state index contributed by atoms with van der Waals surface area (Å²) < 4.78 is 64.2. The maximum absolute atomic E-state index is 13.0. The average Bonchev–Trinajstić information content (AvgIpc) is 2.55. The third kappa shape index (κ3) is 5.76. The van der Waals surface area contributed by atoms with E-state index >= 15 is 0 Å². The monoisotopic (exact) mass is 518 g/mol. The number of sulfonamides is 1. The lowest BCUT2D eigenvalue weighted by Gasteiger charge is -2.24. The Hall–Kier alpha value is -1.49. The second kappa shape index (κ2) is 8.48. The lowest BCUT2D eigenvalue weighted by molar-refractivity contribution is -0.137. The van der Waals surface area contributed by atoms with Crippen LogP contribution >= 0.6 is 39.1 Å². The van der Waals surface area contributed by atoms with Gasteiger partial charge in [-0.3, -0.25) is 9.10 Å². The third-order valence-corrected chi connectivity index (χ3v) is 6.11. The van der Waals surface area contributed by atoms with Crippen molar-refractivity contribution in [3.8, 4) is 0 Å². The van der Waals surface area contributed by atoms with Crippen molar-refractivity contribution in [1.29, 1.82) is 0 Å². The second-order valence-corrected chi connectivity index (χ2v) is 9.19. The maximum Gasteiger partial charge on any atom is 0.416 e. The average molecular weight is 520 g/mol. The number of hydrogen-bond acceptors (Lipinski definition) is 3. The van der Waals surface area contributed by atoms with E-state index in [4.69, 9.17) is 23.2 Å². The molecule has 1 N–H and O–H groups in total. The highest BCUT2D eigenvalue weighted by atomic mass is 79.9. The molecule has 2 aromatic carbocycles. The smallest absolute Gasteiger partial charge is 0.324 e. The minimum atomic E-state index is -4.71. The summed E-state index contributed by atoms with van der Waals surface area (Å²) in [5.74, 6) is -0.794. The standard InChI is InChI=1S/C16H12BrCl2F3N2O3S/c1-28(26,27)24(14-6-9(16(20,21)22)2-5-12(14)18)8-15(25)23-10-3-4-11(17)13(19)7-10/h2-7H,8H2,1H3,(H,23,25). The first-order valence-electron chi connectivity index (χ1n) is 7.38. The van der Waals surface area contributed by atoms with Gasteiger partial charge in [0, 0.05) is 10.2 Å². The van der Waals surface area contributed by atoms with Gasteiger partial charge in [-0.05, 0) is 52.3 Å². The number of alkyl halides is 3. The first-order valence-corrected chi connectivity index (χ1v) is 10.8. The van der Waals surface area contributed by atoms with Gasteiger partial charge in [-0.2, -0.15) is 13.2 Å². The largest absolute Gasteiger partial charge is 0.416 e. The number of hydrogen-bond donors (Lipinski definition) is 1. The van der Waals surface area contributed by atoms with E-state index in [0.717, 1.165) is 18.4 Å². The van der Waals surface area contributed by atoms with Crippen LogP contribution in [0, 0.1) is 0 Å². The highest BCUT2D eigenvalue weighted by molar-refractivity contribution is 9.10. The molecule has 0 aromatic heterocycles. The Labute approximate surface area is 177 Å². The molecule has 1 amide bonds. The molecular weight excluding hydrogens is 508 g/mol. The summed E-state index contributed by atoms with van der Waals surface area (Å²) in [5, 5.41) is 2.48. The van der Waals surface area contributed by atoms with E-state index in [0.29, 0.717) is 19.9 Å². The van der Waals surface area contributed by atoms with Crippen molar-refractivity contribution >= 4 is 66.4 Å². The van der Waals surface area contributed by atoms with Gasteiger partial charge in [0.25, 0.3) is 0 Å². The fraction of sp³-hybridized carbons (Fsp3) is 0.188. The molecule has 28 heavy (non-hydrogen) atoms. The van der Waals surface area contributed by atoms with E-state index in [1.807, 2.05) is 0 Å². The zero-order valence-corrected chi connectivity index (χ0v) is 17.9. The molecule has 2 aromatic rings. The van der Waals surface area contributed by atoms with E-state index in [2.05, 4.69) is 21.2 Å². The molecule has 0 aliphatic rings. The number of carbonyl (C=O) groups excluding carboxylic acids is 1. The molecule has 152 valence electrons. The third-order valence-electron chi connectivity index (χ3n) is 3.43. The number of benzene rings is 2. The number of halogens is 6. The SMILES string of the molecule is CS(=O)(=O)N(CC(=O)Nc1ccc(Br)c(Cl)c1)c1cc(C(F)(F)F)ccc1Cl. The van der Waals surface area contributed by atoms with Gasteiger partial charge in [-0.25, -0.2) is 8.42 Å². The first kappa shape index (κ1) is 22.8. The van der Waals surface area contributed by atoms with Crippen LogP contribution in [0.5, 0.6) is 0 Å². The van der Waals surface area contributed by atoms with Gasteiger partial charge >= 0.3 is 6.18 Å². The molecule has 0 unspecified atom stereocenters. The van der Waals surface area contributed by atoms with Crippen LogP contribution in [0.1, 0.15) is 5.56 Å². The number of nitrogens with one attached hydrogen (secondary N) is 1. The van der Waals surface area contributed by atoms with Crippen LogP contribution in [-0.4, -0.2) is 27.1 Å². The van der Waals surface area contributed by atoms with Gasteiger partial charge in [-0.1, -0.05) is 23.2 Å². The van der Waals surface area contributed by atoms with Gasteiger partial charge in [0.05, 0.1) is 27.6 Å². The number of nitrogens with zero attached hydrogens (tertiary/aromatic N) is 1. The number of carbonyl (C=O) groups is 1. The Morgan fingerprint density at radius 1 is 1.14 bits per heavy atom. The van der Waals surface area contributed by atoms with Crippen LogP contribution in [0.2, 0.25) is 10.0 Å². The number of rotatable bonds is 5. The molecule has 0 saturated carbocycles. The normalized spacial score (nSPS) is 12.0. The van der Waals surface area contributed by atoms with Crippen molar-refractivity contribution < 1.29 is 26.4 Å². The lowest BCUT2D eigenvalue weighted by Crippen LogP contribution is -2.37. The van der Waals surface area contributed by atoms with Crippen LogP contribution in [0.4, 0.5) is 24.5 Å². The predicted molar refractivity (Wildman–Crippen MR) is 106 cm³/mol. The summed E-state index contributed by atoms with van der Waals surface area (Å²) in [6, 6.07) is 6.71.